The fraction of sp³-hybridized carbons (Fsp3) is 0.500. The van der Waals surface area contributed by atoms with E-state index in [0.29, 0.717) is 0 Å². The van der Waals surface area contributed by atoms with Crippen LogP contribution in [0.15, 0.2) is 11.5 Å². The molecule has 0 spiro atoms. The molecule has 0 bridgehead atoms. The van der Waals surface area contributed by atoms with Crippen molar-refractivity contribution in [1.82, 2.24) is 0 Å². The SMILES string of the molecule is OC1=C(O)COC1. The topological polar surface area (TPSA) is 49.7 Å². The molecule has 1 aliphatic heterocycles. The Morgan fingerprint density at radius 3 is 1.71 bits per heavy atom. The van der Waals surface area contributed by atoms with E-state index >= 15 is 0 Å². The van der Waals surface area contributed by atoms with Gasteiger partial charge in [0.25, 0.3) is 0 Å². The maximum atomic E-state index is 8.50. The van der Waals surface area contributed by atoms with Crippen LogP contribution >= 0.6 is 0 Å². The van der Waals surface area contributed by atoms with Gasteiger partial charge in [0.1, 0.15) is 13.2 Å². The van der Waals surface area contributed by atoms with Gasteiger partial charge in [0, 0.05) is 0 Å². The predicted molar refractivity (Wildman–Crippen MR) is 23.1 cm³/mol. The van der Waals surface area contributed by atoms with Crippen LogP contribution < -0.4 is 0 Å². The molecule has 1 rings (SSSR count). The van der Waals surface area contributed by atoms with Gasteiger partial charge < -0.3 is 14.9 Å². The molecule has 40 valence electrons. The maximum absolute atomic E-state index is 8.50. The smallest absolute Gasteiger partial charge is 0.158 e. The predicted octanol–water partition coefficient (Wildman–Crippen LogP) is 0.344. The first kappa shape index (κ1) is 4.46. The van der Waals surface area contributed by atoms with Crippen LogP contribution in [0.3, 0.4) is 0 Å². The Labute approximate surface area is 40.8 Å². The second kappa shape index (κ2) is 1.42. The van der Waals surface area contributed by atoms with Gasteiger partial charge in [-0.25, -0.2) is 0 Å². The Balaban J connectivity index is 2.64. The van der Waals surface area contributed by atoms with E-state index in [1.165, 1.54) is 0 Å². The third-order valence-electron chi connectivity index (χ3n) is 0.811. The average Bonchev–Trinajstić information content (AvgIpc) is 1.91. The first-order valence-corrected chi connectivity index (χ1v) is 1.98. The highest BCUT2D eigenvalue weighted by atomic mass is 16.5. The minimum atomic E-state index is -0.0417. The highest BCUT2D eigenvalue weighted by molar-refractivity contribution is 5.03. The van der Waals surface area contributed by atoms with Crippen LogP contribution in [0, 0.1) is 0 Å². The zero-order valence-corrected chi connectivity index (χ0v) is 3.72. The Morgan fingerprint density at radius 2 is 1.57 bits per heavy atom. The zero-order chi connectivity index (χ0) is 5.28. The Morgan fingerprint density at radius 1 is 1.14 bits per heavy atom. The number of rotatable bonds is 0. The lowest BCUT2D eigenvalue weighted by atomic mass is 10.5. The number of hydrogen-bond donors (Lipinski definition) is 2. The van der Waals surface area contributed by atoms with Crippen molar-refractivity contribution < 1.29 is 14.9 Å². The van der Waals surface area contributed by atoms with Crippen LogP contribution in [-0.4, -0.2) is 23.4 Å². The second-order valence-corrected chi connectivity index (χ2v) is 1.39. The van der Waals surface area contributed by atoms with E-state index in [1.807, 2.05) is 0 Å². The van der Waals surface area contributed by atoms with Crippen molar-refractivity contribution in [3.8, 4) is 0 Å². The lowest BCUT2D eigenvalue weighted by Crippen LogP contribution is -1.83. The van der Waals surface area contributed by atoms with E-state index in [0.717, 1.165) is 0 Å². The molecule has 0 aromatic rings. The van der Waals surface area contributed by atoms with E-state index in [9.17, 15) is 0 Å². The van der Waals surface area contributed by atoms with Crippen LogP contribution in [-0.2, 0) is 4.74 Å². The number of aliphatic hydroxyl groups is 2. The van der Waals surface area contributed by atoms with Crippen LogP contribution in [0.2, 0.25) is 0 Å². The van der Waals surface area contributed by atoms with Gasteiger partial charge in [0.15, 0.2) is 11.5 Å². The summed E-state index contributed by atoms with van der Waals surface area (Å²) in [5.74, 6) is -0.0833. The molecule has 0 aliphatic carbocycles. The van der Waals surface area contributed by atoms with Crippen molar-refractivity contribution in [3.05, 3.63) is 11.5 Å². The molecular formula is C4H6O3. The molecule has 0 fully saturated rings. The summed E-state index contributed by atoms with van der Waals surface area (Å²) < 4.78 is 4.59. The van der Waals surface area contributed by atoms with Gasteiger partial charge in [-0.3, -0.25) is 0 Å². The molecule has 0 atom stereocenters. The Bertz CT molecular complexity index is 93.5. The molecule has 2 N–H and O–H groups in total. The minimum Gasteiger partial charge on any atom is -0.506 e. The summed E-state index contributed by atoms with van der Waals surface area (Å²) in [4.78, 5) is 0. The van der Waals surface area contributed by atoms with Gasteiger partial charge in [-0.15, -0.1) is 0 Å². The number of hydrogen-bond acceptors (Lipinski definition) is 3. The van der Waals surface area contributed by atoms with Crippen LogP contribution in [0.25, 0.3) is 0 Å². The standard InChI is InChI=1S/C4H6O3/c5-3-1-7-2-4(3)6/h5-6H,1-2H2. The summed E-state index contributed by atoms with van der Waals surface area (Å²) in [6.45, 7) is 0.317. The lowest BCUT2D eigenvalue weighted by Gasteiger charge is -1.82. The molecule has 0 aromatic carbocycles. The average molecular weight is 102 g/mol. The van der Waals surface area contributed by atoms with Crippen LogP contribution in [0.4, 0.5) is 0 Å². The third-order valence-corrected chi connectivity index (χ3v) is 0.811. The zero-order valence-electron chi connectivity index (χ0n) is 3.72. The molecule has 0 unspecified atom stereocenters. The third kappa shape index (κ3) is 0.667. The summed E-state index contributed by atoms with van der Waals surface area (Å²) >= 11 is 0. The molecule has 0 aromatic heterocycles. The van der Waals surface area contributed by atoms with Crippen molar-refractivity contribution in [2.45, 2.75) is 0 Å². The fourth-order valence-corrected chi connectivity index (χ4v) is 0.411. The van der Waals surface area contributed by atoms with E-state index in [1.54, 1.807) is 0 Å². The molecule has 0 saturated heterocycles. The van der Waals surface area contributed by atoms with Crippen molar-refractivity contribution in [2.24, 2.45) is 0 Å². The van der Waals surface area contributed by atoms with Gasteiger partial charge >= 0.3 is 0 Å². The summed E-state index contributed by atoms with van der Waals surface area (Å²) in [7, 11) is 0. The fourth-order valence-electron chi connectivity index (χ4n) is 0.411. The van der Waals surface area contributed by atoms with E-state index in [-0.39, 0.29) is 24.7 Å². The molecule has 3 nitrogen and oxygen atoms in total. The number of ether oxygens (including phenoxy) is 1. The van der Waals surface area contributed by atoms with E-state index in [4.69, 9.17) is 10.2 Å². The first-order valence-electron chi connectivity index (χ1n) is 1.98. The van der Waals surface area contributed by atoms with Crippen molar-refractivity contribution >= 4 is 0 Å². The summed E-state index contributed by atoms with van der Waals surface area (Å²) in [5.41, 5.74) is 0. The maximum Gasteiger partial charge on any atom is 0.158 e. The Kier molecular flexibility index (Phi) is 0.906. The second-order valence-electron chi connectivity index (χ2n) is 1.39. The number of aliphatic hydroxyl groups excluding tert-OH is 2. The van der Waals surface area contributed by atoms with Gasteiger partial charge in [-0.05, 0) is 0 Å². The molecule has 1 aliphatic rings. The van der Waals surface area contributed by atoms with Gasteiger partial charge in [0.2, 0.25) is 0 Å². The molecule has 1 heterocycles. The normalized spacial score (nSPS) is 21.1. The first-order chi connectivity index (χ1) is 3.30. The van der Waals surface area contributed by atoms with Crippen LogP contribution in [0.1, 0.15) is 0 Å². The van der Waals surface area contributed by atoms with Crippen molar-refractivity contribution in [2.75, 3.05) is 13.2 Å². The van der Waals surface area contributed by atoms with Gasteiger partial charge in [-0.1, -0.05) is 0 Å². The van der Waals surface area contributed by atoms with Crippen molar-refractivity contribution in [3.63, 3.8) is 0 Å². The largest absolute Gasteiger partial charge is 0.506 e. The molecule has 7 heavy (non-hydrogen) atoms. The Hall–Kier alpha value is -0.700. The molecule has 3 heteroatoms. The quantitative estimate of drug-likeness (QED) is 0.463. The monoisotopic (exact) mass is 102 g/mol. The van der Waals surface area contributed by atoms with Gasteiger partial charge in [0.05, 0.1) is 0 Å². The molecule has 0 radical (unpaired) electrons. The van der Waals surface area contributed by atoms with Gasteiger partial charge in [-0.2, -0.15) is 0 Å². The highest BCUT2D eigenvalue weighted by Crippen LogP contribution is 2.05. The van der Waals surface area contributed by atoms with Crippen molar-refractivity contribution in [1.29, 1.82) is 0 Å². The minimum absolute atomic E-state index is 0.0417. The molecule has 0 saturated carbocycles. The highest BCUT2D eigenvalue weighted by Gasteiger charge is 2.10. The van der Waals surface area contributed by atoms with E-state index < -0.39 is 0 Å². The molecule has 0 amide bonds. The summed E-state index contributed by atoms with van der Waals surface area (Å²) in [6.07, 6.45) is 0. The van der Waals surface area contributed by atoms with Crippen LogP contribution in [0.5, 0.6) is 0 Å². The van der Waals surface area contributed by atoms with E-state index in [2.05, 4.69) is 4.74 Å². The molecular weight excluding hydrogens is 96.0 g/mol. The summed E-state index contributed by atoms with van der Waals surface area (Å²) in [5, 5.41) is 17.0. The summed E-state index contributed by atoms with van der Waals surface area (Å²) in [6, 6.07) is 0. The lowest BCUT2D eigenvalue weighted by molar-refractivity contribution is 0.171.